The first-order valence-corrected chi connectivity index (χ1v) is 9.47. The van der Waals surface area contributed by atoms with Crippen molar-refractivity contribution in [2.45, 2.75) is 4.90 Å². The number of hydrogen-bond donors (Lipinski definition) is 1. The molecule has 0 amide bonds. The lowest BCUT2D eigenvalue weighted by Crippen LogP contribution is -1.96. The van der Waals surface area contributed by atoms with Crippen LogP contribution in [0, 0.1) is 0 Å². The van der Waals surface area contributed by atoms with E-state index in [1.54, 1.807) is 18.2 Å². The van der Waals surface area contributed by atoms with Crippen molar-refractivity contribution in [3.05, 3.63) is 45.3 Å². The van der Waals surface area contributed by atoms with Crippen molar-refractivity contribution < 1.29 is 8.42 Å². The van der Waals surface area contributed by atoms with Crippen molar-refractivity contribution in [2.24, 2.45) is 0 Å². The SMILES string of the molecule is CS(=O)(=O)c1ccc2nc(-c3ccc(Br)cc3Br)[nH]c2c1. The Hall–Kier alpha value is -1.18. The van der Waals surface area contributed by atoms with Gasteiger partial charge >= 0.3 is 0 Å². The van der Waals surface area contributed by atoms with Crippen LogP contribution in [-0.2, 0) is 9.84 Å². The zero-order chi connectivity index (χ0) is 15.2. The molecule has 0 fully saturated rings. The molecule has 0 atom stereocenters. The molecule has 0 radical (unpaired) electrons. The standard InChI is InChI=1S/C14H10Br2N2O2S/c1-21(19,20)9-3-5-12-13(7-9)18-14(17-12)10-4-2-8(15)6-11(10)16/h2-7H,1H3,(H,17,18). The van der Waals surface area contributed by atoms with Gasteiger partial charge in [0.2, 0.25) is 0 Å². The minimum atomic E-state index is -3.23. The monoisotopic (exact) mass is 428 g/mol. The second kappa shape index (κ2) is 5.23. The fourth-order valence-corrected chi connectivity index (χ4v) is 3.91. The highest BCUT2D eigenvalue weighted by Gasteiger charge is 2.12. The number of halogens is 2. The molecule has 3 rings (SSSR count). The number of nitrogens with zero attached hydrogens (tertiary/aromatic N) is 1. The number of sulfone groups is 1. The summed E-state index contributed by atoms with van der Waals surface area (Å²) >= 11 is 6.91. The van der Waals surface area contributed by atoms with Gasteiger partial charge in [0.15, 0.2) is 9.84 Å². The summed E-state index contributed by atoms with van der Waals surface area (Å²) in [6, 6.07) is 10.7. The van der Waals surface area contributed by atoms with Gasteiger partial charge in [0.05, 0.1) is 15.9 Å². The Morgan fingerprint density at radius 3 is 2.52 bits per heavy atom. The second-order valence-corrected chi connectivity index (χ2v) is 8.45. The molecular formula is C14H10Br2N2O2S. The number of H-pyrrole nitrogens is 1. The van der Waals surface area contributed by atoms with Crippen LogP contribution in [0.2, 0.25) is 0 Å². The summed E-state index contributed by atoms with van der Waals surface area (Å²) in [5, 5.41) is 0. The Bertz CT molecular complexity index is 949. The topological polar surface area (TPSA) is 62.8 Å². The summed E-state index contributed by atoms with van der Waals surface area (Å²) in [6.45, 7) is 0. The Morgan fingerprint density at radius 2 is 1.86 bits per heavy atom. The van der Waals surface area contributed by atoms with Crippen molar-refractivity contribution in [2.75, 3.05) is 6.26 Å². The average molecular weight is 430 g/mol. The molecule has 1 heterocycles. The van der Waals surface area contributed by atoms with Gasteiger partial charge in [-0.2, -0.15) is 0 Å². The third kappa shape index (κ3) is 2.90. The predicted octanol–water partition coefficient (Wildman–Crippen LogP) is 4.16. The van der Waals surface area contributed by atoms with Gasteiger partial charge in [-0.25, -0.2) is 13.4 Å². The Kier molecular flexibility index (Phi) is 3.67. The number of aromatic amines is 1. The number of rotatable bonds is 2. The van der Waals surface area contributed by atoms with E-state index in [0.29, 0.717) is 11.3 Å². The van der Waals surface area contributed by atoms with Crippen LogP contribution in [0.4, 0.5) is 0 Å². The molecule has 3 aromatic rings. The molecule has 7 heteroatoms. The fourth-order valence-electron chi connectivity index (χ4n) is 2.03. The molecule has 0 unspecified atom stereocenters. The number of benzene rings is 2. The maximum absolute atomic E-state index is 11.6. The molecule has 1 N–H and O–H groups in total. The number of nitrogens with one attached hydrogen (secondary N) is 1. The lowest BCUT2D eigenvalue weighted by molar-refractivity contribution is 0.602. The van der Waals surface area contributed by atoms with E-state index in [1.165, 1.54) is 6.26 Å². The van der Waals surface area contributed by atoms with Crippen molar-refractivity contribution >= 4 is 52.7 Å². The van der Waals surface area contributed by atoms with Crippen molar-refractivity contribution in [1.29, 1.82) is 0 Å². The van der Waals surface area contributed by atoms with E-state index in [4.69, 9.17) is 0 Å². The van der Waals surface area contributed by atoms with Crippen LogP contribution >= 0.6 is 31.9 Å². The fraction of sp³-hybridized carbons (Fsp3) is 0.0714. The normalized spacial score (nSPS) is 12.0. The molecule has 4 nitrogen and oxygen atoms in total. The summed E-state index contributed by atoms with van der Waals surface area (Å²) in [4.78, 5) is 7.94. The molecule has 1 aromatic heterocycles. The molecule has 21 heavy (non-hydrogen) atoms. The minimum Gasteiger partial charge on any atom is -0.338 e. The van der Waals surface area contributed by atoms with E-state index in [9.17, 15) is 8.42 Å². The van der Waals surface area contributed by atoms with Gasteiger partial charge in [0, 0.05) is 20.8 Å². The van der Waals surface area contributed by atoms with Gasteiger partial charge in [-0.15, -0.1) is 0 Å². The molecule has 0 saturated carbocycles. The van der Waals surface area contributed by atoms with Crippen LogP contribution in [0.5, 0.6) is 0 Å². The van der Waals surface area contributed by atoms with Gasteiger partial charge < -0.3 is 4.98 Å². The van der Waals surface area contributed by atoms with E-state index >= 15 is 0 Å². The molecule has 0 spiro atoms. The first kappa shape index (κ1) is 14.7. The smallest absolute Gasteiger partial charge is 0.175 e. The van der Waals surface area contributed by atoms with Gasteiger partial charge in [-0.3, -0.25) is 0 Å². The van der Waals surface area contributed by atoms with Crippen molar-refractivity contribution in [3.8, 4) is 11.4 Å². The van der Waals surface area contributed by atoms with Gasteiger partial charge in [0.25, 0.3) is 0 Å². The third-order valence-electron chi connectivity index (χ3n) is 3.07. The van der Waals surface area contributed by atoms with Crippen molar-refractivity contribution in [1.82, 2.24) is 9.97 Å². The lowest BCUT2D eigenvalue weighted by Gasteiger charge is -2.00. The molecule has 0 aliphatic rings. The lowest BCUT2D eigenvalue weighted by atomic mass is 10.2. The molecule has 108 valence electrons. The Balaban J connectivity index is 2.17. The highest BCUT2D eigenvalue weighted by molar-refractivity contribution is 9.11. The largest absolute Gasteiger partial charge is 0.338 e. The van der Waals surface area contributed by atoms with Gasteiger partial charge in [0.1, 0.15) is 5.82 Å². The van der Waals surface area contributed by atoms with E-state index in [-0.39, 0.29) is 4.90 Å². The summed E-state index contributed by atoms with van der Waals surface area (Å²) in [6.07, 6.45) is 1.19. The van der Waals surface area contributed by atoms with E-state index in [0.717, 1.165) is 20.0 Å². The van der Waals surface area contributed by atoms with E-state index in [1.807, 2.05) is 18.2 Å². The zero-order valence-corrected chi connectivity index (χ0v) is 14.9. The quantitative estimate of drug-likeness (QED) is 0.665. The number of aromatic nitrogens is 2. The highest BCUT2D eigenvalue weighted by atomic mass is 79.9. The maximum atomic E-state index is 11.6. The molecular weight excluding hydrogens is 420 g/mol. The average Bonchev–Trinajstić information content (AvgIpc) is 2.79. The third-order valence-corrected chi connectivity index (χ3v) is 5.33. The van der Waals surface area contributed by atoms with Gasteiger partial charge in [-0.1, -0.05) is 15.9 Å². The molecule has 0 bridgehead atoms. The van der Waals surface area contributed by atoms with Crippen LogP contribution in [0.15, 0.2) is 50.2 Å². The molecule has 2 aromatic carbocycles. The molecule has 0 aliphatic heterocycles. The number of hydrogen-bond acceptors (Lipinski definition) is 3. The summed E-state index contributed by atoms with van der Waals surface area (Å²) in [5.41, 5.74) is 2.34. The Morgan fingerprint density at radius 1 is 1.10 bits per heavy atom. The summed E-state index contributed by atoms with van der Waals surface area (Å²) in [5.74, 6) is 0.690. The highest BCUT2D eigenvalue weighted by Crippen LogP contribution is 2.30. The van der Waals surface area contributed by atoms with E-state index < -0.39 is 9.84 Å². The van der Waals surface area contributed by atoms with Crippen LogP contribution < -0.4 is 0 Å². The summed E-state index contributed by atoms with van der Waals surface area (Å²) in [7, 11) is -3.23. The van der Waals surface area contributed by atoms with Crippen LogP contribution in [0.3, 0.4) is 0 Å². The van der Waals surface area contributed by atoms with Crippen molar-refractivity contribution in [3.63, 3.8) is 0 Å². The minimum absolute atomic E-state index is 0.278. The first-order chi connectivity index (χ1) is 9.84. The molecule has 0 aliphatic carbocycles. The first-order valence-electron chi connectivity index (χ1n) is 6.00. The Labute approximate surface area is 138 Å². The zero-order valence-electron chi connectivity index (χ0n) is 10.9. The maximum Gasteiger partial charge on any atom is 0.175 e. The number of fused-ring (bicyclic) bond motifs is 1. The van der Waals surface area contributed by atoms with Gasteiger partial charge in [-0.05, 0) is 52.3 Å². The van der Waals surface area contributed by atoms with Crippen LogP contribution in [0.25, 0.3) is 22.4 Å². The summed E-state index contributed by atoms with van der Waals surface area (Å²) < 4.78 is 25.1. The molecule has 0 saturated heterocycles. The predicted molar refractivity (Wildman–Crippen MR) is 90.0 cm³/mol. The van der Waals surface area contributed by atoms with Crippen LogP contribution in [0.1, 0.15) is 0 Å². The van der Waals surface area contributed by atoms with E-state index in [2.05, 4.69) is 41.8 Å². The number of imidazole rings is 1. The van der Waals surface area contributed by atoms with Crippen LogP contribution in [-0.4, -0.2) is 24.6 Å². The second-order valence-electron chi connectivity index (χ2n) is 4.66.